The van der Waals surface area contributed by atoms with Crippen LogP contribution in [0.2, 0.25) is 0 Å². The fourth-order valence-electron chi connectivity index (χ4n) is 3.35. The minimum absolute atomic E-state index is 0. The molecule has 1 aromatic rings. The zero-order chi connectivity index (χ0) is 22.0. The largest absolute Gasteiger partial charge is 0.444 e. The molecule has 0 aliphatic carbocycles. The summed E-state index contributed by atoms with van der Waals surface area (Å²) in [5.41, 5.74) is -0.510. The fourth-order valence-corrected chi connectivity index (χ4v) is 3.35. The monoisotopic (exact) mass is 549 g/mol. The van der Waals surface area contributed by atoms with E-state index in [2.05, 4.69) is 37.6 Å². The first-order valence-electron chi connectivity index (χ1n) is 11.2. The highest BCUT2D eigenvalue weighted by atomic mass is 127. The van der Waals surface area contributed by atoms with Crippen LogP contribution >= 0.6 is 24.0 Å². The van der Waals surface area contributed by atoms with Crippen LogP contribution < -0.4 is 16.0 Å². The van der Waals surface area contributed by atoms with Crippen molar-refractivity contribution in [3.8, 4) is 0 Å². The molecule has 31 heavy (non-hydrogen) atoms. The lowest BCUT2D eigenvalue weighted by atomic mass is 10.1. The van der Waals surface area contributed by atoms with Gasteiger partial charge < -0.3 is 25.3 Å². The summed E-state index contributed by atoms with van der Waals surface area (Å²) in [6.07, 6.45) is 6.00. The number of hydrogen-bond donors (Lipinski definition) is 3. The molecule has 2 rings (SSSR count). The molecular weight excluding hydrogens is 509 g/mol. The van der Waals surface area contributed by atoms with Crippen LogP contribution in [-0.4, -0.2) is 51.5 Å². The molecule has 2 heterocycles. The van der Waals surface area contributed by atoms with Gasteiger partial charge >= 0.3 is 6.09 Å². The number of carbonyl (C=O) groups is 1. The molecule has 3 N–H and O–H groups in total. The van der Waals surface area contributed by atoms with Crippen LogP contribution in [0.25, 0.3) is 0 Å². The summed E-state index contributed by atoms with van der Waals surface area (Å²) in [5, 5.41) is 18.3. The van der Waals surface area contributed by atoms with E-state index in [9.17, 15) is 4.79 Å². The average Bonchev–Trinajstić information content (AvgIpc) is 3.10. The van der Waals surface area contributed by atoms with Crippen molar-refractivity contribution in [1.82, 2.24) is 30.7 Å². The minimum atomic E-state index is -0.510. The number of nitrogens with zero attached hydrogens (tertiary/aromatic N) is 4. The van der Waals surface area contributed by atoms with Gasteiger partial charge in [-0.3, -0.25) is 0 Å². The van der Waals surface area contributed by atoms with E-state index in [4.69, 9.17) is 9.73 Å². The number of unbranched alkanes of at least 4 members (excludes halogenated alkanes) is 1. The van der Waals surface area contributed by atoms with E-state index in [1.165, 1.54) is 6.42 Å². The van der Waals surface area contributed by atoms with Gasteiger partial charge in [-0.1, -0.05) is 19.8 Å². The second kappa shape index (κ2) is 13.7. The number of nitrogens with one attached hydrogen (secondary N) is 3. The molecule has 1 unspecified atom stereocenters. The number of ether oxygens (including phenoxy) is 1. The summed E-state index contributed by atoms with van der Waals surface area (Å²) >= 11 is 0. The summed E-state index contributed by atoms with van der Waals surface area (Å²) in [4.78, 5) is 16.8. The Morgan fingerprint density at radius 3 is 2.68 bits per heavy atom. The van der Waals surface area contributed by atoms with Gasteiger partial charge in [0.05, 0.1) is 0 Å². The maximum Gasteiger partial charge on any atom is 0.407 e. The average molecular weight is 550 g/mol. The number of fused-ring (bicyclic) bond motifs is 1. The van der Waals surface area contributed by atoms with E-state index in [0.717, 1.165) is 62.8 Å². The second-order valence-electron chi connectivity index (χ2n) is 8.70. The Hall–Kier alpha value is -1.59. The first-order valence-corrected chi connectivity index (χ1v) is 11.2. The molecule has 0 bridgehead atoms. The summed E-state index contributed by atoms with van der Waals surface area (Å²) < 4.78 is 7.54. The number of alkyl carbamates (subject to hydrolysis) is 1. The van der Waals surface area contributed by atoms with Gasteiger partial charge in [0.15, 0.2) is 11.8 Å². The van der Waals surface area contributed by atoms with Gasteiger partial charge in [-0.05, 0) is 47.0 Å². The smallest absolute Gasteiger partial charge is 0.407 e. The van der Waals surface area contributed by atoms with Gasteiger partial charge in [-0.25, -0.2) is 9.79 Å². The molecule has 1 amide bonds. The Morgan fingerprint density at radius 1 is 1.23 bits per heavy atom. The van der Waals surface area contributed by atoms with Crippen molar-refractivity contribution < 1.29 is 9.53 Å². The molecule has 9 nitrogen and oxygen atoms in total. The van der Waals surface area contributed by atoms with Gasteiger partial charge in [0.1, 0.15) is 18.0 Å². The highest BCUT2D eigenvalue weighted by molar-refractivity contribution is 14.0. The number of amides is 1. The quantitative estimate of drug-likeness (QED) is 0.248. The number of halogens is 1. The van der Waals surface area contributed by atoms with E-state index >= 15 is 0 Å². The van der Waals surface area contributed by atoms with Crippen molar-refractivity contribution in [2.45, 2.75) is 97.9 Å². The van der Waals surface area contributed by atoms with Gasteiger partial charge in [0, 0.05) is 32.1 Å². The van der Waals surface area contributed by atoms with Gasteiger partial charge in [0.25, 0.3) is 0 Å². The molecule has 0 aromatic carbocycles. The second-order valence-corrected chi connectivity index (χ2v) is 8.70. The summed E-state index contributed by atoms with van der Waals surface area (Å²) in [7, 11) is 0. The Labute approximate surface area is 203 Å². The van der Waals surface area contributed by atoms with E-state index in [1.54, 1.807) is 0 Å². The van der Waals surface area contributed by atoms with Crippen LogP contribution in [0.15, 0.2) is 4.99 Å². The van der Waals surface area contributed by atoms with Crippen LogP contribution in [0.3, 0.4) is 0 Å². The first kappa shape index (κ1) is 27.4. The standard InChI is InChI=1S/C21H39N7O2.HI/c1-6-8-11-16(14-24-20(29)30-21(3,4)5)25-19(22-7-2)23-15-18-27-26-17-12-9-10-13-28(17)18;/h16H,6-15H2,1-5H3,(H,24,29)(H2,22,23,25);1H. The van der Waals surface area contributed by atoms with Crippen molar-refractivity contribution in [1.29, 1.82) is 0 Å². The van der Waals surface area contributed by atoms with E-state index in [0.29, 0.717) is 13.1 Å². The fraction of sp³-hybridized carbons (Fsp3) is 0.810. The molecule has 0 fully saturated rings. The van der Waals surface area contributed by atoms with Gasteiger partial charge in [0.2, 0.25) is 0 Å². The molecule has 1 aliphatic rings. The highest BCUT2D eigenvalue weighted by Crippen LogP contribution is 2.14. The number of carbonyl (C=O) groups excluding carboxylic acids is 1. The number of rotatable bonds is 9. The van der Waals surface area contributed by atoms with Crippen molar-refractivity contribution in [2.75, 3.05) is 13.1 Å². The molecule has 178 valence electrons. The van der Waals surface area contributed by atoms with Crippen LogP contribution in [0.5, 0.6) is 0 Å². The Morgan fingerprint density at radius 2 is 2.00 bits per heavy atom. The number of hydrogen-bond acceptors (Lipinski definition) is 5. The molecule has 0 saturated carbocycles. The van der Waals surface area contributed by atoms with Crippen LogP contribution in [0.4, 0.5) is 4.79 Å². The molecule has 10 heteroatoms. The third-order valence-corrected chi connectivity index (χ3v) is 4.80. The molecular formula is C21H40IN7O2. The SMILES string of the molecule is CCCCC(CNC(=O)OC(C)(C)C)NC(=NCc1nnc2n1CCCC2)NCC.I. The molecule has 0 saturated heterocycles. The Balaban J connectivity index is 0.00000480. The van der Waals surface area contributed by atoms with Crippen molar-refractivity contribution >= 4 is 36.0 Å². The number of aliphatic imine (C=N–C) groups is 1. The highest BCUT2D eigenvalue weighted by Gasteiger charge is 2.19. The lowest BCUT2D eigenvalue weighted by molar-refractivity contribution is 0.0522. The van der Waals surface area contributed by atoms with Crippen LogP contribution in [0, 0.1) is 0 Å². The summed E-state index contributed by atoms with van der Waals surface area (Å²) in [6, 6.07) is 0.0579. The van der Waals surface area contributed by atoms with Crippen molar-refractivity contribution in [3.05, 3.63) is 11.6 Å². The third kappa shape index (κ3) is 10.0. The molecule has 1 aromatic heterocycles. The molecule has 1 aliphatic heterocycles. The number of guanidine groups is 1. The topological polar surface area (TPSA) is 105 Å². The van der Waals surface area contributed by atoms with Gasteiger partial charge in [-0.15, -0.1) is 34.2 Å². The predicted molar refractivity (Wildman–Crippen MR) is 134 cm³/mol. The lowest BCUT2D eigenvalue weighted by Gasteiger charge is -2.24. The zero-order valence-corrected chi connectivity index (χ0v) is 22.0. The van der Waals surface area contributed by atoms with Crippen LogP contribution in [0.1, 0.15) is 78.4 Å². The lowest BCUT2D eigenvalue weighted by Crippen LogP contribution is -2.49. The van der Waals surface area contributed by atoms with E-state index in [1.807, 2.05) is 27.7 Å². The molecule has 1 atom stereocenters. The van der Waals surface area contributed by atoms with Crippen molar-refractivity contribution in [2.24, 2.45) is 4.99 Å². The zero-order valence-electron chi connectivity index (χ0n) is 19.7. The first-order chi connectivity index (χ1) is 14.3. The molecule has 0 radical (unpaired) electrons. The normalized spacial score (nSPS) is 14.8. The van der Waals surface area contributed by atoms with Gasteiger partial charge in [-0.2, -0.15) is 0 Å². The maximum atomic E-state index is 12.0. The van der Waals surface area contributed by atoms with Crippen molar-refractivity contribution in [3.63, 3.8) is 0 Å². The number of aromatic nitrogens is 3. The summed E-state index contributed by atoms with van der Waals surface area (Å²) in [5.74, 6) is 2.68. The number of aryl methyl sites for hydroxylation is 1. The minimum Gasteiger partial charge on any atom is -0.444 e. The van der Waals surface area contributed by atoms with Crippen LogP contribution in [-0.2, 0) is 24.2 Å². The Kier molecular flexibility index (Phi) is 12.2. The molecule has 0 spiro atoms. The Bertz CT molecular complexity index is 700. The predicted octanol–water partition coefficient (Wildman–Crippen LogP) is 3.37. The third-order valence-electron chi connectivity index (χ3n) is 4.80. The summed E-state index contributed by atoms with van der Waals surface area (Å²) in [6.45, 7) is 12.4. The van der Waals surface area contributed by atoms with E-state index in [-0.39, 0.29) is 30.0 Å². The maximum absolute atomic E-state index is 12.0. The van der Waals surface area contributed by atoms with E-state index < -0.39 is 11.7 Å².